The van der Waals surface area contributed by atoms with Gasteiger partial charge in [-0.1, -0.05) is 47.5 Å². The fraction of sp³-hybridized carbons (Fsp3) is 0.231. The topological polar surface area (TPSA) is 54.1 Å². The van der Waals surface area contributed by atoms with Gasteiger partial charge in [-0.25, -0.2) is 0 Å². The van der Waals surface area contributed by atoms with Crippen molar-refractivity contribution in [3.05, 3.63) is 99.0 Å². The zero-order valence-electron chi connectivity index (χ0n) is 17.7. The quantitative estimate of drug-likeness (QED) is 0.454. The highest BCUT2D eigenvalue weighted by atomic mass is 35.5. The summed E-state index contributed by atoms with van der Waals surface area (Å²) >= 11 is 12.7. The van der Waals surface area contributed by atoms with Crippen LogP contribution in [0, 0.1) is 22.7 Å². The van der Waals surface area contributed by atoms with Crippen LogP contribution in [0.2, 0.25) is 10.0 Å². The fourth-order valence-electron chi connectivity index (χ4n) is 4.27. The summed E-state index contributed by atoms with van der Waals surface area (Å²) in [5.41, 5.74) is 4.49. The van der Waals surface area contributed by atoms with Crippen LogP contribution < -0.4 is 4.90 Å². The van der Waals surface area contributed by atoms with E-state index in [9.17, 15) is 5.26 Å². The molecular formula is C26H22Cl2N4. The lowest BCUT2D eigenvalue weighted by molar-refractivity contribution is 0.171. The molecule has 4 rings (SSSR count). The van der Waals surface area contributed by atoms with Crippen LogP contribution in [-0.4, -0.2) is 24.5 Å². The van der Waals surface area contributed by atoms with Crippen molar-refractivity contribution in [3.63, 3.8) is 0 Å². The number of anilines is 1. The third-order valence-corrected chi connectivity index (χ3v) is 6.68. The largest absolute Gasteiger partial charge is 0.361 e. The molecular weight excluding hydrogens is 439 g/mol. The SMILES string of the molecule is C[C@H](c1ccc(C#N)cc1)N1CCN(c2ccc(C#N)cc2Cl)[C@H](c2ccc(Cl)cc2)C1. The van der Waals surface area contributed by atoms with E-state index in [0.717, 1.165) is 30.9 Å². The molecule has 0 N–H and O–H groups in total. The van der Waals surface area contributed by atoms with Crippen molar-refractivity contribution in [2.24, 2.45) is 0 Å². The molecule has 1 fully saturated rings. The van der Waals surface area contributed by atoms with E-state index in [1.807, 2.05) is 48.5 Å². The van der Waals surface area contributed by atoms with Gasteiger partial charge in [0.15, 0.2) is 0 Å². The Balaban J connectivity index is 1.65. The number of nitrogens with zero attached hydrogens (tertiary/aromatic N) is 4. The van der Waals surface area contributed by atoms with Crippen molar-refractivity contribution in [3.8, 4) is 12.1 Å². The van der Waals surface area contributed by atoms with Crippen LogP contribution >= 0.6 is 23.2 Å². The Kier molecular flexibility index (Phi) is 6.68. The average Bonchev–Trinajstić information content (AvgIpc) is 2.84. The first-order valence-electron chi connectivity index (χ1n) is 10.5. The summed E-state index contributed by atoms with van der Waals surface area (Å²) in [4.78, 5) is 4.77. The molecule has 2 atom stereocenters. The molecule has 6 heteroatoms. The van der Waals surface area contributed by atoms with Crippen LogP contribution in [0.3, 0.4) is 0 Å². The van der Waals surface area contributed by atoms with Crippen molar-refractivity contribution < 1.29 is 0 Å². The Bertz CT molecular complexity index is 1180. The van der Waals surface area contributed by atoms with E-state index in [-0.39, 0.29) is 12.1 Å². The van der Waals surface area contributed by atoms with Crippen molar-refractivity contribution in [2.75, 3.05) is 24.5 Å². The highest BCUT2D eigenvalue weighted by molar-refractivity contribution is 6.33. The minimum Gasteiger partial charge on any atom is -0.361 e. The van der Waals surface area contributed by atoms with Gasteiger partial charge in [-0.05, 0) is 60.5 Å². The first-order chi connectivity index (χ1) is 15.5. The number of halogens is 2. The summed E-state index contributed by atoms with van der Waals surface area (Å²) in [6.07, 6.45) is 0. The van der Waals surface area contributed by atoms with Gasteiger partial charge in [-0.2, -0.15) is 10.5 Å². The number of hydrogen-bond acceptors (Lipinski definition) is 4. The predicted octanol–water partition coefficient (Wildman–Crippen LogP) is 6.36. The van der Waals surface area contributed by atoms with E-state index in [2.05, 4.69) is 41.0 Å². The van der Waals surface area contributed by atoms with Gasteiger partial charge < -0.3 is 4.90 Å². The highest BCUT2D eigenvalue weighted by Crippen LogP contribution is 2.38. The van der Waals surface area contributed by atoms with E-state index in [0.29, 0.717) is 21.2 Å². The summed E-state index contributed by atoms with van der Waals surface area (Å²) in [6.45, 7) is 4.66. The lowest BCUT2D eigenvalue weighted by Crippen LogP contribution is -2.49. The molecule has 0 aromatic heterocycles. The molecule has 0 aliphatic carbocycles. The first-order valence-corrected chi connectivity index (χ1v) is 11.2. The lowest BCUT2D eigenvalue weighted by Gasteiger charge is -2.45. The Morgan fingerprint density at radius 1 is 0.875 bits per heavy atom. The molecule has 0 spiro atoms. The maximum atomic E-state index is 9.20. The Morgan fingerprint density at radius 2 is 1.53 bits per heavy atom. The number of benzene rings is 3. The molecule has 0 radical (unpaired) electrons. The van der Waals surface area contributed by atoms with Crippen LogP contribution in [0.4, 0.5) is 5.69 Å². The first kappa shape index (κ1) is 22.2. The minimum absolute atomic E-state index is 0.0762. The average molecular weight is 461 g/mol. The van der Waals surface area contributed by atoms with E-state index in [4.69, 9.17) is 28.5 Å². The molecule has 1 heterocycles. The van der Waals surface area contributed by atoms with Crippen LogP contribution in [0.25, 0.3) is 0 Å². The second-order valence-electron chi connectivity index (χ2n) is 7.94. The Morgan fingerprint density at radius 3 is 2.16 bits per heavy atom. The van der Waals surface area contributed by atoms with Crippen molar-refractivity contribution >= 4 is 28.9 Å². The van der Waals surface area contributed by atoms with Gasteiger partial charge in [0.2, 0.25) is 0 Å². The van der Waals surface area contributed by atoms with E-state index in [1.165, 1.54) is 5.56 Å². The van der Waals surface area contributed by atoms with Crippen molar-refractivity contribution in [1.82, 2.24) is 4.90 Å². The predicted molar refractivity (Wildman–Crippen MR) is 129 cm³/mol. The maximum Gasteiger partial charge on any atom is 0.0992 e. The van der Waals surface area contributed by atoms with Gasteiger partial charge in [-0.3, -0.25) is 4.90 Å². The molecule has 1 saturated heterocycles. The van der Waals surface area contributed by atoms with Crippen LogP contribution in [0.15, 0.2) is 66.7 Å². The van der Waals surface area contributed by atoms with Crippen LogP contribution in [0.5, 0.6) is 0 Å². The highest BCUT2D eigenvalue weighted by Gasteiger charge is 2.32. The maximum absolute atomic E-state index is 9.20. The zero-order chi connectivity index (χ0) is 22.7. The molecule has 3 aromatic carbocycles. The molecule has 0 unspecified atom stereocenters. The summed E-state index contributed by atoms with van der Waals surface area (Å²) < 4.78 is 0. The van der Waals surface area contributed by atoms with Crippen LogP contribution in [-0.2, 0) is 0 Å². The van der Waals surface area contributed by atoms with Gasteiger partial charge >= 0.3 is 0 Å². The zero-order valence-corrected chi connectivity index (χ0v) is 19.2. The van der Waals surface area contributed by atoms with E-state index in [1.54, 1.807) is 6.07 Å². The fourth-order valence-corrected chi connectivity index (χ4v) is 4.69. The molecule has 3 aromatic rings. The molecule has 0 bridgehead atoms. The molecule has 1 aliphatic rings. The molecule has 4 nitrogen and oxygen atoms in total. The summed E-state index contributed by atoms with van der Waals surface area (Å²) in [7, 11) is 0. The number of hydrogen-bond donors (Lipinski definition) is 0. The second kappa shape index (κ2) is 9.63. The molecule has 160 valence electrons. The number of piperazine rings is 1. The molecule has 0 amide bonds. The lowest BCUT2D eigenvalue weighted by atomic mass is 9.98. The minimum atomic E-state index is 0.0762. The normalized spacial score (nSPS) is 17.4. The van der Waals surface area contributed by atoms with E-state index >= 15 is 0 Å². The monoisotopic (exact) mass is 460 g/mol. The number of rotatable bonds is 4. The van der Waals surface area contributed by atoms with E-state index < -0.39 is 0 Å². The second-order valence-corrected chi connectivity index (χ2v) is 8.79. The molecule has 32 heavy (non-hydrogen) atoms. The summed E-state index contributed by atoms with van der Waals surface area (Å²) in [6, 6.07) is 25.8. The van der Waals surface area contributed by atoms with Gasteiger partial charge in [-0.15, -0.1) is 0 Å². The van der Waals surface area contributed by atoms with Gasteiger partial charge in [0.1, 0.15) is 0 Å². The molecule has 0 saturated carbocycles. The van der Waals surface area contributed by atoms with Crippen LogP contribution in [0.1, 0.15) is 41.3 Å². The van der Waals surface area contributed by atoms with Gasteiger partial charge in [0.05, 0.1) is 40.0 Å². The molecule has 1 aliphatic heterocycles. The van der Waals surface area contributed by atoms with Gasteiger partial charge in [0.25, 0.3) is 0 Å². The standard InChI is InChI=1S/C26H22Cl2N4/c1-18(21-5-2-19(15-29)3-6-21)31-12-13-32(25-11-4-20(16-30)14-24(25)28)26(17-31)22-7-9-23(27)10-8-22/h2-11,14,18,26H,12-13,17H2,1H3/t18-,26+/m1/s1. The summed E-state index contributed by atoms with van der Waals surface area (Å²) in [5.74, 6) is 0. The van der Waals surface area contributed by atoms with Crippen molar-refractivity contribution in [1.29, 1.82) is 10.5 Å². The smallest absolute Gasteiger partial charge is 0.0992 e. The third-order valence-electron chi connectivity index (χ3n) is 6.12. The Hall–Kier alpha value is -3.02. The van der Waals surface area contributed by atoms with Gasteiger partial charge in [0, 0.05) is 30.7 Å². The third kappa shape index (κ3) is 4.59. The van der Waals surface area contributed by atoms with Crippen molar-refractivity contribution in [2.45, 2.75) is 19.0 Å². The summed E-state index contributed by atoms with van der Waals surface area (Å²) in [5, 5.41) is 19.6. The Labute approximate surface area is 198 Å². The number of nitriles is 2.